The fraction of sp³-hybridized carbons (Fsp3) is 0.448. The molecule has 2 aromatic rings. The van der Waals surface area contributed by atoms with E-state index in [1.165, 1.54) is 4.90 Å². The van der Waals surface area contributed by atoms with Gasteiger partial charge in [0.25, 0.3) is 5.91 Å². The number of aromatic hydroxyl groups is 1. The van der Waals surface area contributed by atoms with Crippen molar-refractivity contribution in [3.05, 3.63) is 58.1 Å². The number of phenols is 1. The van der Waals surface area contributed by atoms with Crippen molar-refractivity contribution in [3.8, 4) is 5.75 Å². The van der Waals surface area contributed by atoms with E-state index < -0.39 is 41.5 Å². The van der Waals surface area contributed by atoms with Crippen LogP contribution in [0.4, 0.5) is 10.5 Å². The van der Waals surface area contributed by atoms with Gasteiger partial charge in [0.2, 0.25) is 11.8 Å². The molecule has 3 rings (SSSR count). The Morgan fingerprint density at radius 2 is 1.73 bits per heavy atom. The summed E-state index contributed by atoms with van der Waals surface area (Å²) in [7, 11) is 0. The summed E-state index contributed by atoms with van der Waals surface area (Å²) in [6.07, 6.45) is 0.0895. The van der Waals surface area contributed by atoms with E-state index in [1.54, 1.807) is 71.0 Å². The van der Waals surface area contributed by atoms with Crippen LogP contribution in [0.1, 0.15) is 69.2 Å². The van der Waals surface area contributed by atoms with Crippen molar-refractivity contribution in [1.82, 2.24) is 10.2 Å². The van der Waals surface area contributed by atoms with E-state index in [0.29, 0.717) is 34.7 Å². The van der Waals surface area contributed by atoms with E-state index in [4.69, 9.17) is 22.1 Å². The average Bonchev–Trinajstić information content (AvgIpc) is 3.68. The molecule has 0 saturated heterocycles. The van der Waals surface area contributed by atoms with Gasteiger partial charge in [-0.3, -0.25) is 14.4 Å². The number of hydrogen-bond donors (Lipinski definition) is 4. The molecule has 0 radical (unpaired) electrons. The highest BCUT2D eigenvalue weighted by Crippen LogP contribution is 2.40. The smallest absolute Gasteiger partial charge is 0.408 e. The molecule has 0 aromatic heterocycles. The third-order valence-electron chi connectivity index (χ3n) is 6.42. The molecule has 11 heteroatoms. The number of nitrogens with zero attached hydrogens (tertiary/aromatic N) is 1. The number of alkyl carbamates (subject to hydrolysis) is 1. The third kappa shape index (κ3) is 7.88. The largest absolute Gasteiger partial charge is 0.507 e. The molecule has 1 saturated carbocycles. The maximum Gasteiger partial charge on any atom is 0.408 e. The zero-order chi connectivity index (χ0) is 29.8. The van der Waals surface area contributed by atoms with Gasteiger partial charge in [-0.25, -0.2) is 4.79 Å². The van der Waals surface area contributed by atoms with Crippen LogP contribution in [0.15, 0.2) is 36.4 Å². The lowest BCUT2D eigenvalue weighted by Crippen LogP contribution is -2.53. The van der Waals surface area contributed by atoms with Gasteiger partial charge in [0, 0.05) is 18.0 Å². The lowest BCUT2D eigenvalue weighted by Gasteiger charge is -2.35. The molecule has 0 aliphatic heterocycles. The highest BCUT2D eigenvalue weighted by molar-refractivity contribution is 6.34. The number of nitrogens with one attached hydrogen (secondary N) is 2. The van der Waals surface area contributed by atoms with Crippen molar-refractivity contribution in [2.24, 2.45) is 5.73 Å². The Labute approximate surface area is 239 Å². The number of primary amides is 1. The molecule has 40 heavy (non-hydrogen) atoms. The van der Waals surface area contributed by atoms with E-state index in [0.717, 1.165) is 0 Å². The van der Waals surface area contributed by atoms with E-state index >= 15 is 0 Å². The number of halogens is 1. The Hall–Kier alpha value is -3.79. The number of rotatable bonds is 10. The molecular weight excluding hydrogens is 536 g/mol. The minimum Gasteiger partial charge on any atom is -0.507 e. The Morgan fingerprint density at radius 1 is 1.10 bits per heavy atom. The van der Waals surface area contributed by atoms with Gasteiger partial charge in [-0.05, 0) is 71.1 Å². The number of aryl methyl sites for hydroxylation is 2. The van der Waals surface area contributed by atoms with Gasteiger partial charge in [0.05, 0.1) is 10.7 Å². The van der Waals surface area contributed by atoms with E-state index in [2.05, 4.69) is 10.6 Å². The fourth-order valence-corrected chi connectivity index (χ4v) is 4.61. The summed E-state index contributed by atoms with van der Waals surface area (Å²) in [5.74, 6) is -1.98. The number of para-hydroxylation sites is 2. The van der Waals surface area contributed by atoms with Crippen LogP contribution >= 0.6 is 11.6 Å². The van der Waals surface area contributed by atoms with Crippen LogP contribution in [0, 0.1) is 13.8 Å². The lowest BCUT2D eigenvalue weighted by atomic mass is 9.98. The first-order chi connectivity index (χ1) is 18.7. The second-order valence-electron chi connectivity index (χ2n) is 11.0. The normalized spacial score (nSPS) is 14.6. The lowest BCUT2D eigenvalue weighted by molar-refractivity contribution is -0.141. The van der Waals surface area contributed by atoms with Crippen LogP contribution in [0.2, 0.25) is 5.02 Å². The molecule has 2 aromatic carbocycles. The summed E-state index contributed by atoms with van der Waals surface area (Å²) < 4.78 is 5.34. The van der Waals surface area contributed by atoms with Crippen LogP contribution in [0.5, 0.6) is 5.75 Å². The Morgan fingerprint density at radius 3 is 2.30 bits per heavy atom. The van der Waals surface area contributed by atoms with Crippen molar-refractivity contribution in [3.63, 3.8) is 0 Å². The van der Waals surface area contributed by atoms with E-state index in [1.807, 2.05) is 0 Å². The molecule has 1 aliphatic carbocycles. The van der Waals surface area contributed by atoms with E-state index in [9.17, 15) is 24.3 Å². The van der Waals surface area contributed by atoms with Gasteiger partial charge >= 0.3 is 6.09 Å². The summed E-state index contributed by atoms with van der Waals surface area (Å²) in [5.41, 5.74) is 6.35. The number of benzene rings is 2. The predicted molar refractivity (Wildman–Crippen MR) is 152 cm³/mol. The zero-order valence-electron chi connectivity index (χ0n) is 23.4. The van der Waals surface area contributed by atoms with Crippen LogP contribution in [-0.4, -0.2) is 51.5 Å². The first kappa shape index (κ1) is 30.7. The number of amides is 4. The molecule has 5 N–H and O–H groups in total. The van der Waals surface area contributed by atoms with Gasteiger partial charge < -0.3 is 31.1 Å². The molecule has 1 fully saturated rings. The van der Waals surface area contributed by atoms with Crippen molar-refractivity contribution in [1.29, 1.82) is 0 Å². The first-order valence-electron chi connectivity index (χ1n) is 13.1. The molecule has 2 atom stereocenters. The summed E-state index contributed by atoms with van der Waals surface area (Å²) >= 11 is 6.38. The summed E-state index contributed by atoms with van der Waals surface area (Å²) in [6, 6.07) is 7.30. The Bertz CT molecular complexity index is 1270. The minimum absolute atomic E-state index is 0.103. The quantitative estimate of drug-likeness (QED) is 0.329. The molecule has 4 amide bonds. The molecule has 216 valence electrons. The summed E-state index contributed by atoms with van der Waals surface area (Å²) in [5, 5.41) is 16.7. The van der Waals surface area contributed by atoms with Crippen LogP contribution in [0.25, 0.3) is 0 Å². The number of carbonyl (C=O) groups excluding carboxylic acids is 4. The highest BCUT2D eigenvalue weighted by atomic mass is 35.5. The first-order valence-corrected chi connectivity index (χ1v) is 13.5. The van der Waals surface area contributed by atoms with Crippen LogP contribution < -0.4 is 16.4 Å². The maximum atomic E-state index is 14.2. The van der Waals surface area contributed by atoms with Gasteiger partial charge in [0.1, 0.15) is 23.4 Å². The highest BCUT2D eigenvalue weighted by Gasteiger charge is 2.45. The maximum absolute atomic E-state index is 14.2. The Kier molecular flexibility index (Phi) is 9.68. The van der Waals surface area contributed by atoms with Crippen LogP contribution in [-0.2, 0) is 19.1 Å². The standard InChI is InChI=1S/C29H37ClN4O6/c1-16-8-7-11-20(30)23(16)33-26(37)24(19-10-6-9-17(2)25(19)36)34(18-12-13-18)27(38)21(14-15-22(31)35)32-28(39)40-29(3,4)5/h6-11,18,21,24,36H,12-15H2,1-5H3,(H2,31,35)(H,32,39)(H,33,37). The second-order valence-corrected chi connectivity index (χ2v) is 11.4. The van der Waals surface area contributed by atoms with Gasteiger partial charge in [0.15, 0.2) is 0 Å². The number of carbonyl (C=O) groups is 4. The van der Waals surface area contributed by atoms with Crippen molar-refractivity contribution >= 4 is 41.1 Å². The minimum atomic E-state index is -1.27. The number of hydrogen-bond acceptors (Lipinski definition) is 6. The Balaban J connectivity index is 2.07. The summed E-state index contributed by atoms with van der Waals surface area (Å²) in [6.45, 7) is 8.52. The van der Waals surface area contributed by atoms with Crippen molar-refractivity contribution in [2.45, 2.75) is 84.0 Å². The predicted octanol–water partition coefficient (Wildman–Crippen LogP) is 4.49. The van der Waals surface area contributed by atoms with Gasteiger partial charge in [-0.15, -0.1) is 0 Å². The molecule has 0 bridgehead atoms. The number of phenolic OH excluding ortho intramolecular Hbond substituents is 1. The number of anilines is 1. The topological polar surface area (TPSA) is 151 Å². The molecule has 1 aliphatic rings. The monoisotopic (exact) mass is 572 g/mol. The zero-order valence-corrected chi connectivity index (χ0v) is 24.2. The molecule has 0 heterocycles. The van der Waals surface area contributed by atoms with Gasteiger partial charge in [-0.2, -0.15) is 0 Å². The SMILES string of the molecule is Cc1cccc(C(C(=O)Nc2c(C)cccc2Cl)N(C(=O)C(CCC(N)=O)NC(=O)OC(C)(C)C)C2CC2)c1O. The van der Waals surface area contributed by atoms with E-state index in [-0.39, 0.29) is 30.2 Å². The number of ether oxygens (including phenoxy) is 1. The average molecular weight is 573 g/mol. The number of nitrogens with two attached hydrogens (primary N) is 1. The van der Waals surface area contributed by atoms with Crippen LogP contribution in [0.3, 0.4) is 0 Å². The molecule has 2 unspecified atom stereocenters. The third-order valence-corrected chi connectivity index (χ3v) is 6.74. The second kappa shape index (κ2) is 12.6. The van der Waals surface area contributed by atoms with Gasteiger partial charge in [-0.1, -0.05) is 41.9 Å². The van der Waals surface area contributed by atoms with Crippen molar-refractivity contribution < 1.29 is 29.0 Å². The molecule has 0 spiro atoms. The van der Waals surface area contributed by atoms with Crippen molar-refractivity contribution in [2.75, 3.05) is 5.32 Å². The molecule has 10 nitrogen and oxygen atoms in total. The summed E-state index contributed by atoms with van der Waals surface area (Å²) in [4.78, 5) is 53.8. The molecular formula is C29H37ClN4O6. The fourth-order valence-electron chi connectivity index (χ4n) is 4.35.